The lowest BCUT2D eigenvalue weighted by atomic mass is 9.78. The summed E-state index contributed by atoms with van der Waals surface area (Å²) in [6.45, 7) is 1.96. The average molecular weight is 257 g/mol. The van der Waals surface area contributed by atoms with Gasteiger partial charge in [0, 0.05) is 6.07 Å². The number of anilines is 1. The van der Waals surface area contributed by atoms with Crippen LogP contribution in [0.5, 0.6) is 5.75 Å². The number of allylic oxidation sites excluding steroid dienone is 2. The maximum Gasteiger partial charge on any atom is 0.238 e. The van der Waals surface area contributed by atoms with Gasteiger partial charge in [-0.05, 0) is 24.5 Å². The minimum atomic E-state index is -0.264. The van der Waals surface area contributed by atoms with Gasteiger partial charge in [-0.2, -0.15) is 0 Å². The summed E-state index contributed by atoms with van der Waals surface area (Å²) in [5.41, 5.74) is 0.455. The molecule has 4 heteroatoms. The number of carbonyl (C=O) groups excluding carboxylic acids is 2. The third-order valence-corrected chi connectivity index (χ3v) is 3.96. The fourth-order valence-electron chi connectivity index (χ4n) is 3.03. The number of benzene rings is 1. The summed E-state index contributed by atoms with van der Waals surface area (Å²) in [4.78, 5) is 26.1. The molecule has 4 nitrogen and oxygen atoms in total. The van der Waals surface area contributed by atoms with Crippen LogP contribution in [-0.4, -0.2) is 16.9 Å². The van der Waals surface area contributed by atoms with Gasteiger partial charge >= 0.3 is 0 Å². The highest BCUT2D eigenvalue weighted by molar-refractivity contribution is 6.22. The number of phenolic OH excluding ortho intramolecular Hbond substituents is 1. The molecule has 1 aromatic carbocycles. The van der Waals surface area contributed by atoms with Crippen molar-refractivity contribution in [3.8, 4) is 5.75 Å². The Morgan fingerprint density at radius 2 is 2.05 bits per heavy atom. The summed E-state index contributed by atoms with van der Waals surface area (Å²) in [6.07, 6.45) is 4.59. The standard InChI is InChI=1S/C15H15NO3/c1-9-4-2-7-12-13(9)15(19)16(14(12)18)10-5-3-6-11(17)8-10/h2-6,8-9,12-13,17H,7H2,1H3/t9-,12-,13-/m1/s1. The molecule has 0 radical (unpaired) electrons. The maximum atomic E-state index is 12.5. The van der Waals surface area contributed by atoms with Crippen molar-refractivity contribution >= 4 is 17.5 Å². The van der Waals surface area contributed by atoms with Gasteiger partial charge in [-0.3, -0.25) is 9.59 Å². The summed E-state index contributed by atoms with van der Waals surface area (Å²) >= 11 is 0. The van der Waals surface area contributed by atoms with Gasteiger partial charge in [-0.15, -0.1) is 0 Å². The highest BCUT2D eigenvalue weighted by Gasteiger charge is 2.50. The van der Waals surface area contributed by atoms with Gasteiger partial charge in [-0.1, -0.05) is 25.1 Å². The fraction of sp³-hybridized carbons (Fsp3) is 0.333. The van der Waals surface area contributed by atoms with Crippen molar-refractivity contribution < 1.29 is 14.7 Å². The first-order valence-electron chi connectivity index (χ1n) is 6.43. The summed E-state index contributed by atoms with van der Waals surface area (Å²) in [6, 6.07) is 6.27. The van der Waals surface area contributed by atoms with E-state index >= 15 is 0 Å². The second-order valence-electron chi connectivity index (χ2n) is 5.19. The summed E-state index contributed by atoms with van der Waals surface area (Å²) in [5, 5.41) is 9.49. The minimum absolute atomic E-state index is 0.0548. The van der Waals surface area contributed by atoms with Crippen LogP contribution in [0, 0.1) is 17.8 Å². The molecule has 1 aliphatic carbocycles. The number of carbonyl (C=O) groups is 2. The fourth-order valence-corrected chi connectivity index (χ4v) is 3.03. The zero-order valence-corrected chi connectivity index (χ0v) is 10.6. The molecule has 1 heterocycles. The van der Waals surface area contributed by atoms with E-state index in [1.165, 1.54) is 17.0 Å². The van der Waals surface area contributed by atoms with Crippen molar-refractivity contribution in [1.29, 1.82) is 0 Å². The SMILES string of the molecule is C[C@@H]1C=CC[C@H]2C(=O)N(c3cccc(O)c3)C(=O)[C@H]12. The largest absolute Gasteiger partial charge is 0.508 e. The molecule has 0 spiro atoms. The van der Waals surface area contributed by atoms with Crippen molar-refractivity contribution in [2.24, 2.45) is 17.8 Å². The van der Waals surface area contributed by atoms with Crippen LogP contribution in [0.3, 0.4) is 0 Å². The smallest absolute Gasteiger partial charge is 0.238 e. The van der Waals surface area contributed by atoms with E-state index in [1.807, 2.05) is 19.1 Å². The predicted octanol–water partition coefficient (Wildman–Crippen LogP) is 2.09. The molecule has 0 aromatic heterocycles. The molecule has 19 heavy (non-hydrogen) atoms. The lowest BCUT2D eigenvalue weighted by Gasteiger charge is -2.22. The monoisotopic (exact) mass is 257 g/mol. The number of aromatic hydroxyl groups is 1. The molecule has 3 rings (SSSR count). The van der Waals surface area contributed by atoms with Crippen LogP contribution in [0.2, 0.25) is 0 Å². The number of hydrogen-bond donors (Lipinski definition) is 1. The number of imide groups is 1. The predicted molar refractivity (Wildman–Crippen MR) is 70.5 cm³/mol. The van der Waals surface area contributed by atoms with E-state index in [4.69, 9.17) is 0 Å². The van der Waals surface area contributed by atoms with Gasteiger partial charge in [0.25, 0.3) is 0 Å². The number of nitrogens with zero attached hydrogens (tertiary/aromatic N) is 1. The Bertz CT molecular complexity index is 579. The first kappa shape index (κ1) is 12.0. The molecule has 3 atom stereocenters. The molecular formula is C15H15NO3. The summed E-state index contributed by atoms with van der Waals surface area (Å²) in [7, 11) is 0. The Kier molecular flexibility index (Phi) is 2.66. The highest BCUT2D eigenvalue weighted by Crippen LogP contribution is 2.40. The normalized spacial score (nSPS) is 29.7. The first-order valence-corrected chi connectivity index (χ1v) is 6.43. The number of rotatable bonds is 1. The van der Waals surface area contributed by atoms with Crippen molar-refractivity contribution in [2.75, 3.05) is 4.90 Å². The Morgan fingerprint density at radius 3 is 2.74 bits per heavy atom. The number of fused-ring (bicyclic) bond motifs is 1. The van der Waals surface area contributed by atoms with Crippen molar-refractivity contribution in [2.45, 2.75) is 13.3 Å². The van der Waals surface area contributed by atoms with E-state index < -0.39 is 0 Å². The lowest BCUT2D eigenvalue weighted by molar-refractivity contribution is -0.122. The van der Waals surface area contributed by atoms with Crippen molar-refractivity contribution in [3.05, 3.63) is 36.4 Å². The van der Waals surface area contributed by atoms with E-state index in [9.17, 15) is 14.7 Å². The van der Waals surface area contributed by atoms with E-state index in [-0.39, 0.29) is 35.3 Å². The Hall–Kier alpha value is -2.10. The molecule has 1 fully saturated rings. The number of hydrogen-bond acceptors (Lipinski definition) is 3. The molecular weight excluding hydrogens is 242 g/mol. The van der Waals surface area contributed by atoms with Crippen LogP contribution in [-0.2, 0) is 9.59 Å². The van der Waals surface area contributed by atoms with Gasteiger partial charge in [0.15, 0.2) is 0 Å². The molecule has 2 amide bonds. The highest BCUT2D eigenvalue weighted by atomic mass is 16.3. The Morgan fingerprint density at radius 1 is 1.26 bits per heavy atom. The van der Waals surface area contributed by atoms with Gasteiger partial charge < -0.3 is 5.11 Å². The average Bonchev–Trinajstić information content (AvgIpc) is 2.63. The summed E-state index contributed by atoms with van der Waals surface area (Å²) in [5.74, 6) is -0.694. The Labute approximate surface area is 111 Å². The second-order valence-corrected chi connectivity index (χ2v) is 5.19. The van der Waals surface area contributed by atoms with E-state index in [2.05, 4.69) is 0 Å². The van der Waals surface area contributed by atoms with Crippen LogP contribution < -0.4 is 4.90 Å². The van der Waals surface area contributed by atoms with E-state index in [0.717, 1.165) is 0 Å². The van der Waals surface area contributed by atoms with Crippen LogP contribution in [0.15, 0.2) is 36.4 Å². The molecule has 1 aromatic rings. The topological polar surface area (TPSA) is 57.6 Å². The molecule has 1 N–H and O–H groups in total. The van der Waals surface area contributed by atoms with Crippen LogP contribution in [0.4, 0.5) is 5.69 Å². The zero-order valence-electron chi connectivity index (χ0n) is 10.6. The molecule has 0 unspecified atom stereocenters. The number of phenols is 1. The lowest BCUT2D eigenvalue weighted by Crippen LogP contribution is -2.31. The van der Waals surface area contributed by atoms with Gasteiger partial charge in [0.1, 0.15) is 5.75 Å². The van der Waals surface area contributed by atoms with Crippen LogP contribution >= 0.6 is 0 Å². The number of amides is 2. The first-order chi connectivity index (χ1) is 9.09. The maximum absolute atomic E-state index is 12.5. The third kappa shape index (κ3) is 1.75. The van der Waals surface area contributed by atoms with Crippen molar-refractivity contribution in [3.63, 3.8) is 0 Å². The molecule has 1 saturated heterocycles. The quantitative estimate of drug-likeness (QED) is 0.619. The Balaban J connectivity index is 2.01. The van der Waals surface area contributed by atoms with E-state index in [0.29, 0.717) is 12.1 Å². The van der Waals surface area contributed by atoms with Gasteiger partial charge in [-0.25, -0.2) is 4.90 Å². The minimum Gasteiger partial charge on any atom is -0.508 e. The zero-order chi connectivity index (χ0) is 13.6. The second kappa shape index (κ2) is 4.23. The van der Waals surface area contributed by atoms with E-state index in [1.54, 1.807) is 12.1 Å². The van der Waals surface area contributed by atoms with Gasteiger partial charge in [0.2, 0.25) is 11.8 Å². The molecule has 98 valence electrons. The van der Waals surface area contributed by atoms with Crippen molar-refractivity contribution in [1.82, 2.24) is 0 Å². The van der Waals surface area contributed by atoms with Crippen LogP contribution in [0.1, 0.15) is 13.3 Å². The van der Waals surface area contributed by atoms with Gasteiger partial charge in [0.05, 0.1) is 17.5 Å². The molecule has 0 saturated carbocycles. The van der Waals surface area contributed by atoms with Crippen LogP contribution in [0.25, 0.3) is 0 Å². The molecule has 1 aliphatic heterocycles. The third-order valence-electron chi connectivity index (χ3n) is 3.96. The molecule has 2 aliphatic rings. The molecule has 0 bridgehead atoms. The summed E-state index contributed by atoms with van der Waals surface area (Å²) < 4.78 is 0.